The number of pyridine rings is 1. The van der Waals surface area contributed by atoms with Crippen molar-refractivity contribution in [3.63, 3.8) is 0 Å². The van der Waals surface area contributed by atoms with Crippen LogP contribution in [0.5, 0.6) is 5.88 Å². The van der Waals surface area contributed by atoms with E-state index in [1.54, 1.807) is 13.3 Å². The minimum atomic E-state index is -0.319. The molecule has 0 saturated heterocycles. The fourth-order valence-electron chi connectivity index (χ4n) is 1.11. The van der Waals surface area contributed by atoms with Gasteiger partial charge in [-0.3, -0.25) is 5.32 Å². The van der Waals surface area contributed by atoms with Crippen LogP contribution in [-0.2, 0) is 6.54 Å². The molecular weight excluding hydrogens is 188 g/mol. The highest BCUT2D eigenvalue weighted by atomic mass is 16.5. The normalized spacial score (nSPS) is 10.8. The van der Waals surface area contributed by atoms with E-state index in [1.807, 2.05) is 26.0 Å². The van der Waals surface area contributed by atoms with Crippen molar-refractivity contribution in [3.05, 3.63) is 23.9 Å². The third kappa shape index (κ3) is 3.26. The Hall–Kier alpha value is -1.53. The summed E-state index contributed by atoms with van der Waals surface area (Å²) >= 11 is 0. The van der Waals surface area contributed by atoms with Crippen LogP contribution in [0.3, 0.4) is 0 Å². The lowest BCUT2D eigenvalue weighted by molar-refractivity contribution is 0.386. The Bertz CT molecular complexity index is 366. The first kappa shape index (κ1) is 11.5. The minimum absolute atomic E-state index is 0.319. The average molecular weight is 204 g/mol. The molecule has 1 aromatic heterocycles. The monoisotopic (exact) mass is 204 g/mol. The largest absolute Gasteiger partial charge is 0.481 e. The number of aromatic nitrogens is 1. The van der Waals surface area contributed by atoms with Gasteiger partial charge < -0.3 is 4.74 Å². The Kier molecular flexibility index (Phi) is 3.70. The fraction of sp³-hybridized carbons (Fsp3) is 0.417. The van der Waals surface area contributed by atoms with Crippen LogP contribution in [0.1, 0.15) is 19.4 Å². The fourth-order valence-corrected chi connectivity index (χ4v) is 1.11. The Morgan fingerprint density at radius 2 is 2.33 bits per heavy atom. The quantitative estimate of drug-likeness (QED) is 0.756. The summed E-state index contributed by atoms with van der Waals surface area (Å²) in [5.74, 6) is 3.31. The number of methoxy groups -OCH3 is 1. The highest BCUT2D eigenvalue weighted by Crippen LogP contribution is 2.14. The van der Waals surface area contributed by atoms with Crippen molar-refractivity contribution in [1.29, 1.82) is 0 Å². The maximum absolute atomic E-state index is 5.38. The van der Waals surface area contributed by atoms with E-state index in [1.165, 1.54) is 0 Å². The van der Waals surface area contributed by atoms with E-state index in [4.69, 9.17) is 11.2 Å². The number of ether oxygens (including phenoxy) is 1. The molecule has 15 heavy (non-hydrogen) atoms. The van der Waals surface area contributed by atoms with Gasteiger partial charge in [0.1, 0.15) is 0 Å². The summed E-state index contributed by atoms with van der Waals surface area (Å²) in [7, 11) is 1.61. The third-order valence-electron chi connectivity index (χ3n) is 2.12. The molecule has 0 fully saturated rings. The molecule has 1 aromatic rings. The highest BCUT2D eigenvalue weighted by molar-refractivity contribution is 5.25. The van der Waals surface area contributed by atoms with Gasteiger partial charge in [0, 0.05) is 18.3 Å². The summed E-state index contributed by atoms with van der Waals surface area (Å²) in [4.78, 5) is 4.11. The average Bonchev–Trinajstić information content (AvgIpc) is 2.27. The second-order valence-electron chi connectivity index (χ2n) is 3.79. The van der Waals surface area contributed by atoms with Crippen molar-refractivity contribution in [2.24, 2.45) is 0 Å². The standard InChI is InChI=1S/C12H16N2O/c1-5-12(2,3)14-9-10-7-6-8-13-11(10)15-4/h1,6-8,14H,9H2,2-4H3. The Morgan fingerprint density at radius 3 is 2.93 bits per heavy atom. The molecule has 80 valence electrons. The zero-order chi connectivity index (χ0) is 11.3. The molecule has 1 heterocycles. The number of nitrogens with one attached hydrogen (secondary N) is 1. The van der Waals surface area contributed by atoms with Crippen LogP contribution in [0.15, 0.2) is 18.3 Å². The lowest BCUT2D eigenvalue weighted by Gasteiger charge is -2.20. The van der Waals surface area contributed by atoms with E-state index in [9.17, 15) is 0 Å². The SMILES string of the molecule is C#CC(C)(C)NCc1cccnc1OC. The van der Waals surface area contributed by atoms with Crippen LogP contribution in [0, 0.1) is 12.3 Å². The van der Waals surface area contributed by atoms with Crippen LogP contribution >= 0.6 is 0 Å². The van der Waals surface area contributed by atoms with Gasteiger partial charge in [0.25, 0.3) is 0 Å². The van der Waals surface area contributed by atoms with E-state index >= 15 is 0 Å². The Morgan fingerprint density at radius 1 is 1.60 bits per heavy atom. The zero-order valence-electron chi connectivity index (χ0n) is 9.37. The van der Waals surface area contributed by atoms with Gasteiger partial charge in [-0.2, -0.15) is 0 Å². The first-order valence-corrected chi connectivity index (χ1v) is 4.80. The Balaban J connectivity index is 2.70. The molecule has 0 aliphatic heterocycles. The topological polar surface area (TPSA) is 34.2 Å². The van der Waals surface area contributed by atoms with Crippen molar-refractivity contribution in [1.82, 2.24) is 10.3 Å². The number of rotatable bonds is 4. The van der Waals surface area contributed by atoms with Gasteiger partial charge in [0.05, 0.1) is 12.6 Å². The molecule has 3 heteroatoms. The van der Waals surface area contributed by atoms with Crippen LogP contribution in [0.25, 0.3) is 0 Å². The molecule has 0 radical (unpaired) electrons. The highest BCUT2D eigenvalue weighted by Gasteiger charge is 2.13. The van der Waals surface area contributed by atoms with Gasteiger partial charge in [0.15, 0.2) is 0 Å². The lowest BCUT2D eigenvalue weighted by atomic mass is 10.1. The number of terminal acetylenes is 1. The molecule has 0 aliphatic carbocycles. The molecule has 1 rings (SSSR count). The molecule has 1 N–H and O–H groups in total. The van der Waals surface area contributed by atoms with Crippen molar-refractivity contribution >= 4 is 0 Å². The summed E-state index contributed by atoms with van der Waals surface area (Å²) in [6.45, 7) is 4.56. The summed E-state index contributed by atoms with van der Waals surface area (Å²) in [5.41, 5.74) is 0.684. The molecule has 0 atom stereocenters. The zero-order valence-corrected chi connectivity index (χ0v) is 9.37. The maximum atomic E-state index is 5.38. The van der Waals surface area contributed by atoms with E-state index in [-0.39, 0.29) is 5.54 Å². The first-order valence-electron chi connectivity index (χ1n) is 4.80. The minimum Gasteiger partial charge on any atom is -0.481 e. The smallest absolute Gasteiger partial charge is 0.217 e. The van der Waals surface area contributed by atoms with Crippen LogP contribution < -0.4 is 10.1 Å². The molecule has 0 bridgehead atoms. The predicted molar refractivity (Wildman–Crippen MR) is 60.5 cm³/mol. The van der Waals surface area contributed by atoms with E-state index in [2.05, 4.69) is 16.2 Å². The van der Waals surface area contributed by atoms with Crippen LogP contribution in [0.2, 0.25) is 0 Å². The third-order valence-corrected chi connectivity index (χ3v) is 2.12. The molecule has 3 nitrogen and oxygen atoms in total. The molecule has 0 aliphatic rings. The second-order valence-corrected chi connectivity index (χ2v) is 3.79. The van der Waals surface area contributed by atoms with Gasteiger partial charge in [-0.05, 0) is 19.9 Å². The Labute approximate surface area is 90.9 Å². The van der Waals surface area contributed by atoms with E-state index in [0.29, 0.717) is 12.4 Å². The van der Waals surface area contributed by atoms with Crippen LogP contribution in [-0.4, -0.2) is 17.6 Å². The molecule has 0 spiro atoms. The molecule has 0 saturated carbocycles. The van der Waals surface area contributed by atoms with Gasteiger partial charge >= 0.3 is 0 Å². The van der Waals surface area contributed by atoms with Crippen molar-refractivity contribution < 1.29 is 4.74 Å². The number of nitrogens with zero attached hydrogens (tertiary/aromatic N) is 1. The van der Waals surface area contributed by atoms with Crippen molar-refractivity contribution in [2.75, 3.05) is 7.11 Å². The molecular formula is C12H16N2O. The second kappa shape index (κ2) is 4.81. The van der Waals surface area contributed by atoms with Gasteiger partial charge in [-0.15, -0.1) is 6.42 Å². The first-order chi connectivity index (χ1) is 7.09. The van der Waals surface area contributed by atoms with Gasteiger partial charge in [0.2, 0.25) is 5.88 Å². The van der Waals surface area contributed by atoms with Gasteiger partial charge in [-0.1, -0.05) is 12.0 Å². The van der Waals surface area contributed by atoms with Gasteiger partial charge in [-0.25, -0.2) is 4.98 Å². The molecule has 0 amide bonds. The van der Waals surface area contributed by atoms with E-state index in [0.717, 1.165) is 5.56 Å². The number of hydrogen-bond acceptors (Lipinski definition) is 3. The summed E-state index contributed by atoms with van der Waals surface area (Å²) < 4.78 is 5.14. The summed E-state index contributed by atoms with van der Waals surface area (Å²) in [6, 6.07) is 3.84. The number of hydrogen-bond donors (Lipinski definition) is 1. The molecule has 0 aromatic carbocycles. The summed E-state index contributed by atoms with van der Waals surface area (Å²) in [5, 5.41) is 3.24. The lowest BCUT2D eigenvalue weighted by Crippen LogP contribution is -2.37. The van der Waals surface area contributed by atoms with E-state index < -0.39 is 0 Å². The predicted octanol–water partition coefficient (Wildman–Crippen LogP) is 1.59. The maximum Gasteiger partial charge on any atom is 0.217 e. The summed E-state index contributed by atoms with van der Waals surface area (Å²) in [6.07, 6.45) is 7.08. The molecule has 0 unspecified atom stereocenters. The van der Waals surface area contributed by atoms with Crippen molar-refractivity contribution in [3.8, 4) is 18.2 Å². The van der Waals surface area contributed by atoms with Crippen LogP contribution in [0.4, 0.5) is 0 Å². The van der Waals surface area contributed by atoms with Crippen molar-refractivity contribution in [2.45, 2.75) is 25.9 Å².